The molecule has 0 radical (unpaired) electrons. The lowest BCUT2D eigenvalue weighted by Crippen LogP contribution is -2.11. The van der Waals surface area contributed by atoms with Crippen molar-refractivity contribution in [2.75, 3.05) is 5.32 Å². The summed E-state index contributed by atoms with van der Waals surface area (Å²) >= 11 is 0. The fourth-order valence-electron chi connectivity index (χ4n) is 2.60. The Labute approximate surface area is 145 Å². The molecule has 0 spiro atoms. The minimum atomic E-state index is 0.0783. The summed E-state index contributed by atoms with van der Waals surface area (Å²) in [5.74, 6) is 3.06. The number of hydrogen-bond donors (Lipinski definition) is 1. The molecule has 0 aliphatic rings. The number of aryl methyl sites for hydroxylation is 1. The van der Waals surface area contributed by atoms with Crippen LogP contribution in [0.5, 0.6) is 0 Å². The summed E-state index contributed by atoms with van der Waals surface area (Å²) in [4.78, 5) is 12.0. The predicted molar refractivity (Wildman–Crippen MR) is 99.5 cm³/mol. The molecule has 3 heteroatoms. The molecule has 1 heterocycles. The summed E-state index contributed by atoms with van der Waals surface area (Å²) in [6, 6.07) is 12.2. The molecule has 2 rings (SSSR count). The van der Waals surface area contributed by atoms with Gasteiger partial charge in [0.1, 0.15) is 11.5 Å². The van der Waals surface area contributed by atoms with Crippen molar-refractivity contribution < 1.29 is 9.21 Å². The number of hydrogen-bond acceptors (Lipinski definition) is 2. The third-order valence-corrected chi connectivity index (χ3v) is 4.19. The van der Waals surface area contributed by atoms with Gasteiger partial charge in [-0.05, 0) is 48.6 Å². The lowest BCUT2D eigenvalue weighted by molar-refractivity contribution is -0.116. The van der Waals surface area contributed by atoms with Crippen LogP contribution < -0.4 is 5.32 Å². The van der Waals surface area contributed by atoms with Crippen molar-refractivity contribution >= 4 is 11.6 Å². The van der Waals surface area contributed by atoms with Crippen LogP contribution in [0.2, 0.25) is 0 Å². The van der Waals surface area contributed by atoms with Crippen molar-refractivity contribution in [2.45, 2.75) is 65.2 Å². The zero-order chi connectivity index (χ0) is 17.5. The Morgan fingerprint density at radius 1 is 0.958 bits per heavy atom. The number of amides is 1. The minimum absolute atomic E-state index is 0.0783. The van der Waals surface area contributed by atoms with E-state index in [0.29, 0.717) is 18.3 Å². The first-order valence-electron chi connectivity index (χ1n) is 8.94. The van der Waals surface area contributed by atoms with E-state index >= 15 is 0 Å². The van der Waals surface area contributed by atoms with Crippen molar-refractivity contribution in [3.05, 3.63) is 53.5 Å². The molecule has 0 unspecified atom stereocenters. The number of nitrogens with one attached hydrogen (secondary N) is 1. The molecule has 24 heavy (non-hydrogen) atoms. The predicted octanol–water partition coefficient (Wildman–Crippen LogP) is 5.88. The van der Waals surface area contributed by atoms with Gasteiger partial charge >= 0.3 is 0 Å². The van der Waals surface area contributed by atoms with E-state index in [9.17, 15) is 4.79 Å². The van der Waals surface area contributed by atoms with Crippen molar-refractivity contribution in [2.24, 2.45) is 0 Å². The standard InChI is InChI=1S/C21H29NO2/c1-15(2)17-9-11-18(12-10-17)22-21(23)8-6-5-7-19-13-14-20(24-19)16(3)4/h9-16H,5-8H2,1-4H3,(H,22,23). The molecule has 0 aliphatic heterocycles. The number of unbranched alkanes of at least 4 members (excludes halogenated alkanes) is 1. The van der Waals surface area contributed by atoms with Crippen LogP contribution in [0.4, 0.5) is 5.69 Å². The van der Waals surface area contributed by atoms with Crippen LogP contribution in [0.25, 0.3) is 0 Å². The van der Waals surface area contributed by atoms with Crippen LogP contribution in [0, 0.1) is 0 Å². The van der Waals surface area contributed by atoms with Gasteiger partial charge in [-0.25, -0.2) is 0 Å². The highest BCUT2D eigenvalue weighted by molar-refractivity contribution is 5.90. The lowest BCUT2D eigenvalue weighted by atomic mass is 10.0. The Morgan fingerprint density at radius 3 is 2.25 bits per heavy atom. The summed E-state index contributed by atoms with van der Waals surface area (Å²) in [5, 5.41) is 2.96. The summed E-state index contributed by atoms with van der Waals surface area (Å²) in [5.41, 5.74) is 2.16. The average Bonchev–Trinajstić information content (AvgIpc) is 3.01. The maximum atomic E-state index is 12.0. The van der Waals surface area contributed by atoms with Crippen LogP contribution in [-0.4, -0.2) is 5.91 Å². The Kier molecular flexibility index (Phi) is 6.65. The molecule has 0 saturated carbocycles. The molecule has 3 nitrogen and oxygen atoms in total. The quantitative estimate of drug-likeness (QED) is 0.615. The molecule has 0 aliphatic carbocycles. The van der Waals surface area contributed by atoms with Gasteiger partial charge in [0.25, 0.3) is 0 Å². The van der Waals surface area contributed by atoms with E-state index in [1.807, 2.05) is 24.3 Å². The number of carbonyl (C=O) groups is 1. The lowest BCUT2D eigenvalue weighted by Gasteiger charge is -2.08. The molecule has 0 bridgehead atoms. The zero-order valence-electron chi connectivity index (χ0n) is 15.3. The molecule has 1 amide bonds. The van der Waals surface area contributed by atoms with Crippen LogP contribution in [0.1, 0.15) is 75.9 Å². The van der Waals surface area contributed by atoms with Crippen LogP contribution >= 0.6 is 0 Å². The smallest absolute Gasteiger partial charge is 0.224 e. The second kappa shape index (κ2) is 8.72. The number of rotatable bonds is 8. The van der Waals surface area contributed by atoms with Crippen LogP contribution in [-0.2, 0) is 11.2 Å². The van der Waals surface area contributed by atoms with Gasteiger partial charge in [-0.1, -0.05) is 39.8 Å². The van der Waals surface area contributed by atoms with E-state index in [0.717, 1.165) is 36.5 Å². The van der Waals surface area contributed by atoms with E-state index in [1.165, 1.54) is 5.56 Å². The van der Waals surface area contributed by atoms with Crippen molar-refractivity contribution in [3.63, 3.8) is 0 Å². The first kappa shape index (κ1) is 18.3. The Balaban J connectivity index is 1.69. The second-order valence-corrected chi connectivity index (χ2v) is 6.99. The third kappa shape index (κ3) is 5.55. The molecule has 0 fully saturated rings. The van der Waals surface area contributed by atoms with Crippen molar-refractivity contribution in [3.8, 4) is 0 Å². The van der Waals surface area contributed by atoms with Gasteiger partial charge < -0.3 is 9.73 Å². The molecule has 0 atom stereocenters. The molecular formula is C21H29NO2. The SMILES string of the molecule is CC(C)c1ccc(NC(=O)CCCCc2ccc(C(C)C)o2)cc1. The maximum Gasteiger partial charge on any atom is 0.224 e. The summed E-state index contributed by atoms with van der Waals surface area (Å²) in [6.45, 7) is 8.58. The summed E-state index contributed by atoms with van der Waals surface area (Å²) in [6.07, 6.45) is 3.27. The Morgan fingerprint density at radius 2 is 1.67 bits per heavy atom. The molecule has 2 aromatic rings. The monoisotopic (exact) mass is 327 g/mol. The maximum absolute atomic E-state index is 12.0. The van der Waals surface area contributed by atoms with E-state index in [1.54, 1.807) is 0 Å². The van der Waals surface area contributed by atoms with E-state index in [4.69, 9.17) is 4.42 Å². The molecule has 130 valence electrons. The average molecular weight is 327 g/mol. The molecular weight excluding hydrogens is 298 g/mol. The number of benzene rings is 1. The largest absolute Gasteiger partial charge is 0.466 e. The molecule has 1 aromatic heterocycles. The highest BCUT2D eigenvalue weighted by Gasteiger charge is 2.07. The molecule has 1 N–H and O–H groups in total. The highest BCUT2D eigenvalue weighted by atomic mass is 16.3. The van der Waals surface area contributed by atoms with Crippen molar-refractivity contribution in [1.82, 2.24) is 0 Å². The van der Waals surface area contributed by atoms with Gasteiger partial charge in [-0.3, -0.25) is 4.79 Å². The molecule has 1 aromatic carbocycles. The first-order valence-corrected chi connectivity index (χ1v) is 8.94. The fourth-order valence-corrected chi connectivity index (χ4v) is 2.60. The number of anilines is 1. The van der Waals surface area contributed by atoms with Gasteiger partial charge in [-0.15, -0.1) is 0 Å². The highest BCUT2D eigenvalue weighted by Crippen LogP contribution is 2.19. The van der Waals surface area contributed by atoms with Crippen LogP contribution in [0.15, 0.2) is 40.8 Å². The topological polar surface area (TPSA) is 42.2 Å². The van der Waals surface area contributed by atoms with Gasteiger partial charge in [0.05, 0.1) is 0 Å². The van der Waals surface area contributed by atoms with Gasteiger partial charge in [-0.2, -0.15) is 0 Å². The normalized spacial score (nSPS) is 11.2. The third-order valence-electron chi connectivity index (χ3n) is 4.19. The Hall–Kier alpha value is -2.03. The van der Waals surface area contributed by atoms with E-state index in [2.05, 4.69) is 45.1 Å². The number of furan rings is 1. The zero-order valence-corrected chi connectivity index (χ0v) is 15.3. The summed E-state index contributed by atoms with van der Waals surface area (Å²) in [7, 11) is 0. The second-order valence-electron chi connectivity index (χ2n) is 6.99. The number of carbonyl (C=O) groups excluding carboxylic acids is 1. The van der Waals surface area contributed by atoms with E-state index in [-0.39, 0.29) is 5.91 Å². The van der Waals surface area contributed by atoms with Crippen molar-refractivity contribution in [1.29, 1.82) is 0 Å². The van der Waals surface area contributed by atoms with Gasteiger partial charge in [0.15, 0.2) is 0 Å². The minimum Gasteiger partial charge on any atom is -0.466 e. The molecule has 0 saturated heterocycles. The van der Waals surface area contributed by atoms with Gasteiger partial charge in [0.2, 0.25) is 5.91 Å². The summed E-state index contributed by atoms with van der Waals surface area (Å²) < 4.78 is 5.78. The fraction of sp³-hybridized carbons (Fsp3) is 0.476. The van der Waals surface area contributed by atoms with Gasteiger partial charge in [0, 0.05) is 24.4 Å². The van der Waals surface area contributed by atoms with E-state index < -0.39 is 0 Å². The Bertz CT molecular complexity index is 638. The first-order chi connectivity index (χ1) is 11.5. The van der Waals surface area contributed by atoms with Crippen LogP contribution in [0.3, 0.4) is 0 Å².